The summed E-state index contributed by atoms with van der Waals surface area (Å²) in [7, 11) is 0. The first kappa shape index (κ1) is 16.1. The van der Waals surface area contributed by atoms with Gasteiger partial charge < -0.3 is 14.6 Å². The molecule has 5 nitrogen and oxygen atoms in total. The summed E-state index contributed by atoms with van der Waals surface area (Å²) >= 11 is 0. The highest BCUT2D eigenvalue weighted by molar-refractivity contribution is 6.19. The number of hydrogen-bond acceptors (Lipinski definition) is 5. The Hall–Kier alpha value is -2.30. The number of aromatic hydroxyl groups is 1. The van der Waals surface area contributed by atoms with E-state index in [0.717, 1.165) is 5.56 Å². The number of cyclic esters (lactones) is 2. The Morgan fingerprint density at radius 1 is 1.09 bits per heavy atom. The molecule has 0 aromatic heterocycles. The lowest BCUT2D eigenvalue weighted by atomic mass is 9.85. The number of para-hydroxylation sites is 1. The lowest BCUT2D eigenvalue weighted by molar-refractivity contribution is -0.222. The third-order valence-electron chi connectivity index (χ3n) is 3.29. The van der Waals surface area contributed by atoms with Crippen LogP contribution < -0.4 is 0 Å². The predicted octanol–water partition coefficient (Wildman–Crippen LogP) is 2.91. The molecule has 0 amide bonds. The Labute approximate surface area is 129 Å². The normalized spacial score (nSPS) is 17.8. The van der Waals surface area contributed by atoms with Crippen molar-refractivity contribution in [2.24, 2.45) is 0 Å². The number of esters is 2. The molecule has 0 unspecified atom stereocenters. The average Bonchev–Trinajstić information content (AvgIpc) is 2.32. The topological polar surface area (TPSA) is 72.8 Å². The van der Waals surface area contributed by atoms with Crippen LogP contribution in [0, 0.1) is 0 Å². The highest BCUT2D eigenvalue weighted by Crippen LogP contribution is 2.34. The summed E-state index contributed by atoms with van der Waals surface area (Å²) in [5.74, 6) is -2.77. The third-order valence-corrected chi connectivity index (χ3v) is 3.29. The molecule has 1 N–H and O–H groups in total. The van der Waals surface area contributed by atoms with Gasteiger partial charge in [-0.25, -0.2) is 9.59 Å². The van der Waals surface area contributed by atoms with E-state index in [1.54, 1.807) is 18.2 Å². The van der Waals surface area contributed by atoms with Crippen molar-refractivity contribution in [3.63, 3.8) is 0 Å². The minimum atomic E-state index is -1.28. The summed E-state index contributed by atoms with van der Waals surface area (Å²) in [6.45, 7) is 8.86. The van der Waals surface area contributed by atoms with Crippen LogP contribution in [0.25, 0.3) is 6.08 Å². The number of hydrogen-bond donors (Lipinski definition) is 1. The highest BCUT2D eigenvalue weighted by Gasteiger charge is 2.39. The van der Waals surface area contributed by atoms with Gasteiger partial charge in [0.2, 0.25) is 0 Å². The Balaban J connectivity index is 2.46. The highest BCUT2D eigenvalue weighted by atomic mass is 16.7. The summed E-state index contributed by atoms with van der Waals surface area (Å²) in [5, 5.41) is 10.4. The minimum Gasteiger partial charge on any atom is -0.507 e. The van der Waals surface area contributed by atoms with Crippen molar-refractivity contribution in [3.8, 4) is 5.75 Å². The summed E-state index contributed by atoms with van der Waals surface area (Å²) in [6, 6.07) is 5.19. The summed E-state index contributed by atoms with van der Waals surface area (Å²) in [5.41, 5.74) is 0.588. The van der Waals surface area contributed by atoms with Gasteiger partial charge in [-0.2, -0.15) is 0 Å². The molecule has 1 aromatic carbocycles. The summed E-state index contributed by atoms with van der Waals surface area (Å²) in [4.78, 5) is 23.9. The summed E-state index contributed by atoms with van der Waals surface area (Å²) in [6.07, 6.45) is 1.30. The van der Waals surface area contributed by atoms with Crippen molar-refractivity contribution in [2.45, 2.75) is 45.8 Å². The maximum absolute atomic E-state index is 11.9. The molecule has 0 saturated carbocycles. The molecule has 1 aliphatic rings. The SMILES string of the molecule is CC1(C)OC(=O)C(=Cc2cccc(C(C)(C)C)c2O)C(=O)O1. The maximum Gasteiger partial charge on any atom is 0.348 e. The molecule has 1 saturated heterocycles. The fourth-order valence-corrected chi connectivity index (χ4v) is 2.22. The first-order valence-corrected chi connectivity index (χ1v) is 7.02. The number of phenolic OH excluding ortho intramolecular Hbond substituents is 1. The van der Waals surface area contributed by atoms with E-state index < -0.39 is 17.7 Å². The quantitative estimate of drug-likeness (QED) is 0.490. The molecule has 0 spiro atoms. The molecule has 0 bridgehead atoms. The van der Waals surface area contributed by atoms with Crippen LogP contribution in [0.2, 0.25) is 0 Å². The molecule has 0 aliphatic carbocycles. The average molecular weight is 304 g/mol. The van der Waals surface area contributed by atoms with E-state index in [1.165, 1.54) is 19.9 Å². The lowest BCUT2D eigenvalue weighted by Crippen LogP contribution is -2.41. The molecular weight excluding hydrogens is 284 g/mol. The van der Waals surface area contributed by atoms with Crippen molar-refractivity contribution >= 4 is 18.0 Å². The molecule has 22 heavy (non-hydrogen) atoms. The predicted molar refractivity (Wildman–Crippen MR) is 81.0 cm³/mol. The zero-order valence-corrected chi connectivity index (χ0v) is 13.4. The lowest BCUT2D eigenvalue weighted by Gasteiger charge is -2.29. The van der Waals surface area contributed by atoms with Crippen LogP contribution in [0.3, 0.4) is 0 Å². The Morgan fingerprint density at radius 3 is 2.14 bits per heavy atom. The largest absolute Gasteiger partial charge is 0.507 e. The van der Waals surface area contributed by atoms with Gasteiger partial charge in [-0.3, -0.25) is 0 Å². The number of ether oxygens (including phenoxy) is 2. The van der Waals surface area contributed by atoms with Gasteiger partial charge in [-0.05, 0) is 17.1 Å². The maximum atomic E-state index is 11.9. The Morgan fingerprint density at radius 2 is 1.64 bits per heavy atom. The van der Waals surface area contributed by atoms with Crippen LogP contribution in [-0.2, 0) is 24.5 Å². The van der Waals surface area contributed by atoms with Gasteiger partial charge in [0.05, 0.1) is 0 Å². The van der Waals surface area contributed by atoms with Crippen LogP contribution in [0.1, 0.15) is 45.7 Å². The number of carbonyl (C=O) groups excluding carboxylic acids is 2. The van der Waals surface area contributed by atoms with Crippen LogP contribution in [0.15, 0.2) is 23.8 Å². The number of benzene rings is 1. The second kappa shape index (κ2) is 5.16. The van der Waals surface area contributed by atoms with Crippen molar-refractivity contribution in [1.29, 1.82) is 0 Å². The van der Waals surface area contributed by atoms with Gasteiger partial charge in [-0.15, -0.1) is 0 Å². The first-order chi connectivity index (χ1) is 10.0. The van der Waals surface area contributed by atoms with E-state index in [0.29, 0.717) is 5.56 Å². The second-order valence-corrected chi connectivity index (χ2v) is 6.73. The molecule has 1 aromatic rings. The fourth-order valence-electron chi connectivity index (χ4n) is 2.22. The number of carbonyl (C=O) groups is 2. The van der Waals surface area contributed by atoms with Gasteiger partial charge in [0.1, 0.15) is 11.3 Å². The monoisotopic (exact) mass is 304 g/mol. The third kappa shape index (κ3) is 3.13. The van der Waals surface area contributed by atoms with E-state index in [2.05, 4.69) is 0 Å². The van der Waals surface area contributed by atoms with E-state index in [4.69, 9.17) is 9.47 Å². The van der Waals surface area contributed by atoms with Gasteiger partial charge in [0.25, 0.3) is 5.79 Å². The Bertz CT molecular complexity index is 640. The van der Waals surface area contributed by atoms with E-state index in [9.17, 15) is 14.7 Å². The molecule has 118 valence electrons. The molecule has 0 radical (unpaired) electrons. The van der Waals surface area contributed by atoms with Gasteiger partial charge in [-0.1, -0.05) is 39.0 Å². The second-order valence-electron chi connectivity index (χ2n) is 6.73. The molecule has 1 fully saturated rings. The van der Waals surface area contributed by atoms with Crippen molar-refractivity contribution in [1.82, 2.24) is 0 Å². The molecule has 1 heterocycles. The van der Waals surface area contributed by atoms with E-state index in [-0.39, 0.29) is 16.7 Å². The molecular formula is C17H20O5. The summed E-state index contributed by atoms with van der Waals surface area (Å²) < 4.78 is 10.1. The first-order valence-electron chi connectivity index (χ1n) is 7.02. The van der Waals surface area contributed by atoms with Gasteiger partial charge >= 0.3 is 11.9 Å². The van der Waals surface area contributed by atoms with Gasteiger partial charge in [0.15, 0.2) is 0 Å². The molecule has 1 aliphatic heterocycles. The van der Waals surface area contributed by atoms with Crippen LogP contribution >= 0.6 is 0 Å². The molecule has 0 atom stereocenters. The van der Waals surface area contributed by atoms with Gasteiger partial charge in [0, 0.05) is 19.4 Å². The molecule has 5 heteroatoms. The van der Waals surface area contributed by atoms with Crippen LogP contribution in [0.5, 0.6) is 5.75 Å². The molecule has 2 rings (SSSR count). The fraction of sp³-hybridized carbons (Fsp3) is 0.412. The zero-order valence-electron chi connectivity index (χ0n) is 13.4. The minimum absolute atomic E-state index is 0.0351. The standard InChI is InChI=1S/C17H20O5/c1-16(2,3)12-8-6-7-10(13(12)18)9-11-14(19)21-17(4,5)22-15(11)20/h6-9,18H,1-5H3. The van der Waals surface area contributed by atoms with Crippen LogP contribution in [0.4, 0.5) is 0 Å². The zero-order chi connectivity index (χ0) is 16.7. The van der Waals surface area contributed by atoms with Crippen molar-refractivity contribution in [3.05, 3.63) is 34.9 Å². The van der Waals surface area contributed by atoms with E-state index >= 15 is 0 Å². The number of rotatable bonds is 1. The van der Waals surface area contributed by atoms with Crippen molar-refractivity contribution in [2.75, 3.05) is 0 Å². The smallest absolute Gasteiger partial charge is 0.348 e. The number of phenols is 1. The Kier molecular flexibility index (Phi) is 3.77. The van der Waals surface area contributed by atoms with E-state index in [1.807, 2.05) is 20.8 Å². The van der Waals surface area contributed by atoms with Crippen molar-refractivity contribution < 1.29 is 24.2 Å². The van der Waals surface area contributed by atoms with Crippen LogP contribution in [-0.4, -0.2) is 22.8 Å².